The van der Waals surface area contributed by atoms with Crippen molar-refractivity contribution in [1.29, 1.82) is 5.26 Å². The minimum Gasteiger partial charge on any atom is -0.492 e. The first-order chi connectivity index (χ1) is 10.8. The van der Waals surface area contributed by atoms with Gasteiger partial charge >= 0.3 is 0 Å². The summed E-state index contributed by atoms with van der Waals surface area (Å²) in [4.78, 5) is 2.48. The standard InChI is InChI=1S/C17H20N4O/c18-13-15-4-6-17(7-5-15)22-12-11-20-9-1-3-16(20)14-21-10-2-8-19-21/h2,4-8,10,16H,1,3,9,11-12,14H2. The minimum absolute atomic E-state index is 0.546. The summed E-state index contributed by atoms with van der Waals surface area (Å²) in [6.45, 7) is 3.67. The van der Waals surface area contributed by atoms with Crippen LogP contribution in [0.15, 0.2) is 42.7 Å². The Morgan fingerprint density at radius 2 is 2.18 bits per heavy atom. The molecule has 5 nitrogen and oxygen atoms in total. The van der Waals surface area contributed by atoms with Crippen LogP contribution in [0, 0.1) is 11.3 Å². The first-order valence-corrected chi connectivity index (χ1v) is 7.69. The first kappa shape index (κ1) is 14.6. The number of ether oxygens (including phenoxy) is 1. The number of hydrogen-bond donors (Lipinski definition) is 0. The normalized spacial score (nSPS) is 18.2. The van der Waals surface area contributed by atoms with E-state index in [1.54, 1.807) is 12.1 Å². The highest BCUT2D eigenvalue weighted by molar-refractivity contribution is 5.34. The van der Waals surface area contributed by atoms with Crippen LogP contribution in [0.25, 0.3) is 0 Å². The number of benzene rings is 1. The van der Waals surface area contributed by atoms with Crippen LogP contribution in [-0.4, -0.2) is 40.4 Å². The summed E-state index contributed by atoms with van der Waals surface area (Å²) in [7, 11) is 0. The zero-order chi connectivity index (χ0) is 15.2. The molecule has 1 fully saturated rings. The van der Waals surface area contributed by atoms with Crippen LogP contribution in [-0.2, 0) is 6.54 Å². The van der Waals surface area contributed by atoms with E-state index < -0.39 is 0 Å². The SMILES string of the molecule is N#Cc1ccc(OCCN2CCCC2Cn2cccn2)cc1. The molecule has 22 heavy (non-hydrogen) atoms. The summed E-state index contributed by atoms with van der Waals surface area (Å²) in [6, 6.07) is 11.9. The van der Waals surface area contributed by atoms with E-state index in [4.69, 9.17) is 10.00 Å². The Labute approximate surface area is 130 Å². The van der Waals surface area contributed by atoms with Crippen LogP contribution >= 0.6 is 0 Å². The minimum atomic E-state index is 0.546. The van der Waals surface area contributed by atoms with E-state index >= 15 is 0 Å². The lowest BCUT2D eigenvalue weighted by molar-refractivity contribution is 0.182. The maximum atomic E-state index is 8.78. The van der Waals surface area contributed by atoms with Crippen molar-refractivity contribution in [3.05, 3.63) is 48.3 Å². The molecule has 5 heteroatoms. The molecule has 3 rings (SSSR count). The molecule has 0 amide bonds. The zero-order valence-corrected chi connectivity index (χ0v) is 12.6. The van der Waals surface area contributed by atoms with Gasteiger partial charge in [-0.15, -0.1) is 0 Å². The summed E-state index contributed by atoms with van der Waals surface area (Å²) < 4.78 is 7.78. The van der Waals surface area contributed by atoms with E-state index in [-0.39, 0.29) is 0 Å². The van der Waals surface area contributed by atoms with Crippen molar-refractivity contribution in [2.45, 2.75) is 25.4 Å². The van der Waals surface area contributed by atoms with Gasteiger partial charge in [0.15, 0.2) is 0 Å². The lowest BCUT2D eigenvalue weighted by Crippen LogP contribution is -2.36. The average Bonchev–Trinajstić information content (AvgIpc) is 3.21. The fourth-order valence-corrected chi connectivity index (χ4v) is 2.93. The van der Waals surface area contributed by atoms with Crippen LogP contribution < -0.4 is 4.74 Å². The van der Waals surface area contributed by atoms with Crippen molar-refractivity contribution in [3.63, 3.8) is 0 Å². The van der Waals surface area contributed by atoms with Crippen molar-refractivity contribution in [2.75, 3.05) is 19.7 Å². The van der Waals surface area contributed by atoms with Crippen molar-refractivity contribution < 1.29 is 4.74 Å². The number of rotatable bonds is 6. The molecule has 1 aliphatic heterocycles. The van der Waals surface area contributed by atoms with Gasteiger partial charge < -0.3 is 4.74 Å². The van der Waals surface area contributed by atoms with Crippen molar-refractivity contribution in [1.82, 2.24) is 14.7 Å². The third kappa shape index (κ3) is 3.66. The van der Waals surface area contributed by atoms with Gasteiger partial charge in [-0.3, -0.25) is 9.58 Å². The summed E-state index contributed by atoms with van der Waals surface area (Å²) >= 11 is 0. The molecule has 0 spiro atoms. The number of hydrogen-bond acceptors (Lipinski definition) is 4. The fraction of sp³-hybridized carbons (Fsp3) is 0.412. The van der Waals surface area contributed by atoms with Crippen LogP contribution in [0.3, 0.4) is 0 Å². The highest BCUT2D eigenvalue weighted by Crippen LogP contribution is 2.18. The van der Waals surface area contributed by atoms with Gasteiger partial charge in [0.25, 0.3) is 0 Å². The highest BCUT2D eigenvalue weighted by atomic mass is 16.5. The zero-order valence-electron chi connectivity index (χ0n) is 12.6. The molecule has 0 saturated carbocycles. The van der Waals surface area contributed by atoms with E-state index in [1.165, 1.54) is 12.8 Å². The Hall–Kier alpha value is -2.32. The molecule has 1 saturated heterocycles. The van der Waals surface area contributed by atoms with Gasteiger partial charge in [-0.25, -0.2) is 0 Å². The van der Waals surface area contributed by atoms with Crippen molar-refractivity contribution >= 4 is 0 Å². The van der Waals surface area contributed by atoms with E-state index in [0.717, 1.165) is 25.4 Å². The van der Waals surface area contributed by atoms with Crippen molar-refractivity contribution in [3.8, 4) is 11.8 Å². The van der Waals surface area contributed by atoms with Crippen LogP contribution in [0.4, 0.5) is 0 Å². The Kier molecular flexibility index (Phi) is 4.71. The third-order valence-electron chi connectivity index (χ3n) is 4.09. The lowest BCUT2D eigenvalue weighted by Gasteiger charge is -2.24. The molecule has 0 radical (unpaired) electrons. The van der Waals surface area contributed by atoms with E-state index in [0.29, 0.717) is 18.2 Å². The summed E-state index contributed by atoms with van der Waals surface area (Å²) in [5.74, 6) is 0.821. The Morgan fingerprint density at radius 3 is 2.91 bits per heavy atom. The molecule has 1 aromatic heterocycles. The topological polar surface area (TPSA) is 54.1 Å². The summed E-state index contributed by atoms with van der Waals surface area (Å²) in [6.07, 6.45) is 6.30. The van der Waals surface area contributed by atoms with E-state index in [9.17, 15) is 0 Å². The highest BCUT2D eigenvalue weighted by Gasteiger charge is 2.24. The maximum Gasteiger partial charge on any atom is 0.119 e. The predicted octanol–water partition coefficient (Wildman–Crippen LogP) is 2.30. The lowest BCUT2D eigenvalue weighted by atomic mass is 10.2. The van der Waals surface area contributed by atoms with Gasteiger partial charge in [-0.05, 0) is 49.7 Å². The molecule has 0 bridgehead atoms. The third-order valence-corrected chi connectivity index (χ3v) is 4.09. The van der Waals surface area contributed by atoms with Gasteiger partial charge in [-0.1, -0.05) is 0 Å². The van der Waals surface area contributed by atoms with Gasteiger partial charge in [0.1, 0.15) is 12.4 Å². The molecule has 1 unspecified atom stereocenters. The number of aromatic nitrogens is 2. The second kappa shape index (κ2) is 7.10. The molecule has 1 atom stereocenters. The number of likely N-dealkylation sites (tertiary alicyclic amines) is 1. The molecular weight excluding hydrogens is 276 g/mol. The van der Waals surface area contributed by atoms with E-state index in [1.807, 2.05) is 35.3 Å². The molecule has 2 aromatic rings. The molecule has 0 aliphatic carbocycles. The van der Waals surface area contributed by atoms with Gasteiger partial charge in [0.2, 0.25) is 0 Å². The molecule has 2 heterocycles. The Morgan fingerprint density at radius 1 is 1.32 bits per heavy atom. The number of nitrogens with zero attached hydrogens (tertiary/aromatic N) is 4. The first-order valence-electron chi connectivity index (χ1n) is 7.69. The van der Waals surface area contributed by atoms with Gasteiger partial charge in [0.05, 0.1) is 18.2 Å². The monoisotopic (exact) mass is 296 g/mol. The molecule has 1 aliphatic rings. The molecular formula is C17H20N4O. The summed E-state index contributed by atoms with van der Waals surface area (Å²) in [5, 5.41) is 13.1. The van der Waals surface area contributed by atoms with Gasteiger partial charge in [-0.2, -0.15) is 10.4 Å². The van der Waals surface area contributed by atoms with Crippen LogP contribution in [0.1, 0.15) is 18.4 Å². The quantitative estimate of drug-likeness (QED) is 0.821. The smallest absolute Gasteiger partial charge is 0.119 e. The maximum absolute atomic E-state index is 8.78. The Bertz CT molecular complexity index is 615. The Balaban J connectivity index is 1.46. The molecule has 1 aromatic carbocycles. The predicted molar refractivity (Wildman–Crippen MR) is 83.5 cm³/mol. The fourth-order valence-electron chi connectivity index (χ4n) is 2.93. The largest absolute Gasteiger partial charge is 0.492 e. The number of nitriles is 1. The summed E-state index contributed by atoms with van der Waals surface area (Å²) in [5.41, 5.74) is 0.658. The average molecular weight is 296 g/mol. The molecule has 114 valence electrons. The second-order valence-corrected chi connectivity index (χ2v) is 5.54. The van der Waals surface area contributed by atoms with Gasteiger partial charge in [0, 0.05) is 25.0 Å². The molecule has 0 N–H and O–H groups in total. The van der Waals surface area contributed by atoms with E-state index in [2.05, 4.69) is 16.1 Å². The van der Waals surface area contributed by atoms with Crippen LogP contribution in [0.2, 0.25) is 0 Å². The van der Waals surface area contributed by atoms with Crippen molar-refractivity contribution in [2.24, 2.45) is 0 Å². The second-order valence-electron chi connectivity index (χ2n) is 5.54. The van der Waals surface area contributed by atoms with Crippen LogP contribution in [0.5, 0.6) is 5.75 Å².